The van der Waals surface area contributed by atoms with Gasteiger partial charge in [-0.25, -0.2) is 0 Å². The van der Waals surface area contributed by atoms with Crippen molar-refractivity contribution in [3.8, 4) is 0 Å². The zero-order valence-electron chi connectivity index (χ0n) is 13.1. The predicted octanol–water partition coefficient (Wildman–Crippen LogP) is 3.05. The van der Waals surface area contributed by atoms with E-state index in [4.69, 9.17) is 0 Å². The van der Waals surface area contributed by atoms with Crippen LogP contribution in [0.4, 0.5) is 0 Å². The summed E-state index contributed by atoms with van der Waals surface area (Å²) in [5, 5.41) is 6.51. The van der Waals surface area contributed by atoms with E-state index < -0.39 is 0 Å². The van der Waals surface area contributed by atoms with Gasteiger partial charge in [0.05, 0.1) is 6.04 Å². The first-order valence-corrected chi connectivity index (χ1v) is 8.33. The molecule has 1 atom stereocenters. The van der Waals surface area contributed by atoms with Gasteiger partial charge in [-0.15, -0.1) is 0 Å². The van der Waals surface area contributed by atoms with Crippen LogP contribution < -0.4 is 10.6 Å². The molecule has 2 N–H and O–H groups in total. The van der Waals surface area contributed by atoms with E-state index in [1.54, 1.807) is 0 Å². The van der Waals surface area contributed by atoms with Crippen LogP contribution in [0.3, 0.4) is 0 Å². The molecule has 1 aliphatic carbocycles. The average Bonchev–Trinajstić information content (AvgIpc) is 2.53. The van der Waals surface area contributed by atoms with Gasteiger partial charge in [-0.1, -0.05) is 49.6 Å². The van der Waals surface area contributed by atoms with Crippen molar-refractivity contribution < 1.29 is 4.79 Å². The van der Waals surface area contributed by atoms with E-state index in [0.29, 0.717) is 6.04 Å². The van der Waals surface area contributed by atoms with E-state index in [1.807, 2.05) is 13.0 Å². The highest BCUT2D eigenvalue weighted by Crippen LogP contribution is 2.17. The molecule has 1 aromatic carbocycles. The van der Waals surface area contributed by atoms with Crippen LogP contribution in [0.2, 0.25) is 0 Å². The molecule has 0 heterocycles. The van der Waals surface area contributed by atoms with E-state index in [0.717, 1.165) is 32.2 Å². The normalized spacial score (nSPS) is 17.4. The number of rotatable bonds is 7. The van der Waals surface area contributed by atoms with E-state index in [9.17, 15) is 4.79 Å². The molecule has 0 spiro atoms. The minimum atomic E-state index is -0.0947. The van der Waals surface area contributed by atoms with Gasteiger partial charge in [0.15, 0.2) is 0 Å². The molecule has 0 radical (unpaired) electrons. The van der Waals surface area contributed by atoms with Crippen molar-refractivity contribution in [3.63, 3.8) is 0 Å². The van der Waals surface area contributed by atoms with Crippen LogP contribution in [0.5, 0.6) is 0 Å². The van der Waals surface area contributed by atoms with Gasteiger partial charge in [0.2, 0.25) is 5.91 Å². The maximum absolute atomic E-state index is 12.1. The fourth-order valence-electron chi connectivity index (χ4n) is 2.92. The van der Waals surface area contributed by atoms with Crippen LogP contribution in [0, 0.1) is 0 Å². The fraction of sp³-hybridized carbons (Fsp3) is 0.611. The standard InChI is InChI=1S/C18H28N2O/c1-15(18(21)20-17-12-6-3-7-13-17)19-14-8-11-16-9-4-2-5-10-16/h2,4-5,9-10,15,17,19H,3,6-8,11-14H2,1H3,(H,20,21). The summed E-state index contributed by atoms with van der Waals surface area (Å²) in [7, 11) is 0. The number of hydrogen-bond donors (Lipinski definition) is 2. The van der Waals surface area contributed by atoms with E-state index in [-0.39, 0.29) is 11.9 Å². The van der Waals surface area contributed by atoms with Crippen molar-refractivity contribution in [2.24, 2.45) is 0 Å². The van der Waals surface area contributed by atoms with Gasteiger partial charge >= 0.3 is 0 Å². The molecule has 1 saturated carbocycles. The summed E-state index contributed by atoms with van der Waals surface area (Å²) in [5.41, 5.74) is 1.36. The number of amides is 1. The second-order valence-electron chi connectivity index (χ2n) is 6.11. The van der Waals surface area contributed by atoms with Gasteiger partial charge in [-0.2, -0.15) is 0 Å². The first-order chi connectivity index (χ1) is 10.3. The maximum atomic E-state index is 12.1. The predicted molar refractivity (Wildman–Crippen MR) is 87.2 cm³/mol. The van der Waals surface area contributed by atoms with Gasteiger partial charge in [-0.05, 0) is 44.7 Å². The minimum Gasteiger partial charge on any atom is -0.352 e. The van der Waals surface area contributed by atoms with Crippen LogP contribution in [-0.2, 0) is 11.2 Å². The Bertz CT molecular complexity index is 412. The van der Waals surface area contributed by atoms with Crippen molar-refractivity contribution in [1.29, 1.82) is 0 Å². The van der Waals surface area contributed by atoms with Crippen molar-refractivity contribution in [2.75, 3.05) is 6.54 Å². The topological polar surface area (TPSA) is 41.1 Å². The number of aryl methyl sites for hydroxylation is 1. The van der Waals surface area contributed by atoms with Gasteiger partial charge in [0, 0.05) is 6.04 Å². The lowest BCUT2D eigenvalue weighted by Crippen LogP contribution is -2.47. The van der Waals surface area contributed by atoms with E-state index in [1.165, 1.54) is 24.8 Å². The molecule has 2 rings (SSSR count). The summed E-state index contributed by atoms with van der Waals surface area (Å²) < 4.78 is 0. The molecule has 3 nitrogen and oxygen atoms in total. The molecule has 1 aliphatic rings. The Morgan fingerprint density at radius 2 is 1.90 bits per heavy atom. The molecule has 1 aromatic rings. The van der Waals surface area contributed by atoms with Gasteiger partial charge in [0.25, 0.3) is 0 Å². The van der Waals surface area contributed by atoms with Crippen LogP contribution in [0.1, 0.15) is 51.0 Å². The average molecular weight is 288 g/mol. The van der Waals surface area contributed by atoms with Crippen LogP contribution in [0.15, 0.2) is 30.3 Å². The summed E-state index contributed by atoms with van der Waals surface area (Å²) in [6.45, 7) is 2.84. The second-order valence-corrected chi connectivity index (χ2v) is 6.11. The highest BCUT2D eigenvalue weighted by molar-refractivity contribution is 5.81. The van der Waals surface area contributed by atoms with Crippen molar-refractivity contribution in [1.82, 2.24) is 10.6 Å². The van der Waals surface area contributed by atoms with E-state index in [2.05, 4.69) is 34.9 Å². The zero-order chi connectivity index (χ0) is 14.9. The third-order valence-electron chi connectivity index (χ3n) is 4.28. The second kappa shape index (κ2) is 8.83. The molecular weight excluding hydrogens is 260 g/mol. The summed E-state index contributed by atoms with van der Waals surface area (Å²) in [4.78, 5) is 12.1. The first-order valence-electron chi connectivity index (χ1n) is 8.33. The lowest BCUT2D eigenvalue weighted by molar-refractivity contribution is -0.123. The molecule has 21 heavy (non-hydrogen) atoms. The molecule has 0 aromatic heterocycles. The number of carbonyl (C=O) groups is 1. The number of benzene rings is 1. The van der Waals surface area contributed by atoms with Gasteiger partial charge in [0.1, 0.15) is 0 Å². The number of carbonyl (C=O) groups excluding carboxylic acids is 1. The Morgan fingerprint density at radius 1 is 1.19 bits per heavy atom. The van der Waals surface area contributed by atoms with Gasteiger partial charge in [-0.3, -0.25) is 4.79 Å². The number of hydrogen-bond acceptors (Lipinski definition) is 2. The monoisotopic (exact) mass is 288 g/mol. The lowest BCUT2D eigenvalue weighted by atomic mass is 9.95. The van der Waals surface area contributed by atoms with Crippen LogP contribution >= 0.6 is 0 Å². The molecule has 3 heteroatoms. The molecule has 0 saturated heterocycles. The lowest BCUT2D eigenvalue weighted by Gasteiger charge is -2.24. The number of nitrogens with one attached hydrogen (secondary N) is 2. The highest BCUT2D eigenvalue weighted by atomic mass is 16.2. The third-order valence-corrected chi connectivity index (χ3v) is 4.28. The SMILES string of the molecule is CC(NCCCc1ccccc1)C(=O)NC1CCCCC1. The minimum absolute atomic E-state index is 0.0947. The molecule has 1 unspecified atom stereocenters. The Morgan fingerprint density at radius 3 is 2.62 bits per heavy atom. The largest absolute Gasteiger partial charge is 0.352 e. The zero-order valence-corrected chi connectivity index (χ0v) is 13.1. The smallest absolute Gasteiger partial charge is 0.237 e. The quantitative estimate of drug-likeness (QED) is 0.757. The van der Waals surface area contributed by atoms with Crippen LogP contribution in [0.25, 0.3) is 0 Å². The summed E-state index contributed by atoms with van der Waals surface area (Å²) in [6.07, 6.45) is 8.24. The highest BCUT2D eigenvalue weighted by Gasteiger charge is 2.18. The van der Waals surface area contributed by atoms with Crippen molar-refractivity contribution in [3.05, 3.63) is 35.9 Å². The molecule has 0 aliphatic heterocycles. The molecular formula is C18H28N2O. The molecule has 1 fully saturated rings. The Labute approximate surface area is 128 Å². The van der Waals surface area contributed by atoms with Crippen molar-refractivity contribution >= 4 is 5.91 Å². The van der Waals surface area contributed by atoms with Crippen LogP contribution in [-0.4, -0.2) is 24.5 Å². The molecule has 1 amide bonds. The van der Waals surface area contributed by atoms with E-state index >= 15 is 0 Å². The Balaban J connectivity index is 1.60. The summed E-state index contributed by atoms with van der Waals surface area (Å²) in [5.74, 6) is 0.154. The maximum Gasteiger partial charge on any atom is 0.237 e. The van der Waals surface area contributed by atoms with Crippen molar-refractivity contribution in [2.45, 2.75) is 64.0 Å². The first kappa shape index (κ1) is 16.0. The third kappa shape index (κ3) is 5.88. The molecule has 0 bridgehead atoms. The summed E-state index contributed by atoms with van der Waals surface area (Å²) >= 11 is 0. The van der Waals surface area contributed by atoms with Gasteiger partial charge < -0.3 is 10.6 Å². The Kier molecular flexibility index (Phi) is 6.74. The molecule has 116 valence electrons. The fourth-order valence-corrected chi connectivity index (χ4v) is 2.92. The summed E-state index contributed by atoms with van der Waals surface area (Å²) in [6, 6.07) is 10.8. The Hall–Kier alpha value is -1.35.